The van der Waals surface area contributed by atoms with Crippen LogP contribution in [-0.2, 0) is 27.5 Å². The molecule has 0 aliphatic heterocycles. The molecule has 1 aromatic heterocycles. The molecule has 0 saturated heterocycles. The molecule has 2 aromatic rings. The van der Waals surface area contributed by atoms with Crippen LogP contribution in [-0.4, -0.2) is 42.0 Å². The van der Waals surface area contributed by atoms with E-state index in [4.69, 9.17) is 10.4 Å². The number of hydrogen-bond donors (Lipinski definition) is 1. The first-order valence-electron chi connectivity index (χ1n) is 8.27. The Balaban J connectivity index is 2.70. The summed E-state index contributed by atoms with van der Waals surface area (Å²) in [5, 5.41) is 26.8. The highest BCUT2D eigenvalue weighted by atomic mass is 32.2. The van der Waals surface area contributed by atoms with Crippen molar-refractivity contribution < 1.29 is 31.5 Å². The van der Waals surface area contributed by atoms with Crippen molar-refractivity contribution in [2.24, 2.45) is 0 Å². The van der Waals surface area contributed by atoms with Crippen LogP contribution in [0.15, 0.2) is 35.5 Å². The van der Waals surface area contributed by atoms with Gasteiger partial charge in [-0.25, -0.2) is 8.42 Å². The van der Waals surface area contributed by atoms with Crippen molar-refractivity contribution in [3.05, 3.63) is 41.7 Å². The predicted octanol–water partition coefficient (Wildman–Crippen LogP) is 2.66. The van der Waals surface area contributed by atoms with Gasteiger partial charge in [-0.1, -0.05) is 0 Å². The maximum Gasteiger partial charge on any atom is 0.416 e. The Hall–Kier alpha value is -3.35. The molecule has 0 atom stereocenters. The molecule has 0 spiro atoms. The molecule has 0 amide bonds. The minimum atomic E-state index is -4.87. The first-order valence-corrected chi connectivity index (χ1v) is 9.71. The second-order valence-corrected chi connectivity index (χ2v) is 8.29. The number of nitriles is 2. The van der Waals surface area contributed by atoms with Gasteiger partial charge in [-0.15, -0.1) is 0 Å². The van der Waals surface area contributed by atoms with Crippen molar-refractivity contribution in [1.29, 1.82) is 10.5 Å². The average Bonchev–Trinajstić information content (AvgIpc) is 3.07. The van der Waals surface area contributed by atoms with E-state index in [0.717, 1.165) is 34.4 Å². The molecular formula is C18H15F3N4O4S. The van der Waals surface area contributed by atoms with Crippen LogP contribution in [0.2, 0.25) is 0 Å². The Kier molecular flexibility index (Phi) is 6.55. The summed E-state index contributed by atoms with van der Waals surface area (Å²) >= 11 is 0. The van der Waals surface area contributed by atoms with E-state index in [1.54, 1.807) is 12.1 Å². The Labute approximate surface area is 170 Å². The topological polar surface area (TPSA) is 127 Å². The van der Waals surface area contributed by atoms with Gasteiger partial charge in [-0.2, -0.15) is 28.0 Å². The Morgan fingerprint density at radius 3 is 2.43 bits per heavy atom. The molecule has 0 aliphatic rings. The van der Waals surface area contributed by atoms with E-state index in [0.29, 0.717) is 12.1 Å². The highest BCUT2D eigenvalue weighted by molar-refractivity contribution is 7.89. The number of nitrogens with zero attached hydrogens (tertiary/aromatic N) is 4. The molecule has 0 unspecified atom stereocenters. The second-order valence-electron chi connectivity index (χ2n) is 6.24. The molecule has 1 aromatic carbocycles. The van der Waals surface area contributed by atoms with Crippen LogP contribution in [0.5, 0.6) is 0 Å². The maximum atomic E-state index is 13.4. The fraction of sp³-hybridized carbons (Fsp3) is 0.278. The summed E-state index contributed by atoms with van der Waals surface area (Å²) in [6.45, 7) is -0.751. The van der Waals surface area contributed by atoms with Gasteiger partial charge in [0.05, 0.1) is 22.1 Å². The van der Waals surface area contributed by atoms with Gasteiger partial charge in [-0.3, -0.25) is 4.79 Å². The molecule has 8 nitrogen and oxygen atoms in total. The standard InChI is InChI=1S/C18H15F3N4O4S/c1-24(4-2-3-22)30(28,29)15-6-12(5-14(7-15)18(19,20)21)16-10-25(11-17(26)27)9-13(16)8-23/h5-7,9-10H,2,4,11H2,1H3,(H,26,27). The number of benzene rings is 1. The molecule has 12 heteroatoms. The van der Waals surface area contributed by atoms with Crippen molar-refractivity contribution in [3.63, 3.8) is 0 Å². The summed E-state index contributed by atoms with van der Waals surface area (Å²) < 4.78 is 67.5. The first kappa shape index (κ1) is 22.9. The Morgan fingerprint density at radius 2 is 1.90 bits per heavy atom. The lowest BCUT2D eigenvalue weighted by molar-refractivity contribution is -0.138. The molecule has 0 saturated carbocycles. The molecule has 1 N–H and O–H groups in total. The number of carboxylic acid groups (broad SMARTS) is 1. The van der Waals surface area contributed by atoms with Gasteiger partial charge in [0.1, 0.15) is 12.6 Å². The summed E-state index contributed by atoms with van der Waals surface area (Å²) in [7, 11) is -3.22. The molecule has 158 valence electrons. The smallest absolute Gasteiger partial charge is 0.416 e. The molecule has 0 bridgehead atoms. The monoisotopic (exact) mass is 440 g/mol. The zero-order valence-electron chi connectivity index (χ0n) is 15.5. The number of carboxylic acids is 1. The number of halogens is 3. The second kappa shape index (κ2) is 8.57. The molecule has 0 radical (unpaired) electrons. The fourth-order valence-electron chi connectivity index (χ4n) is 2.65. The third-order valence-corrected chi connectivity index (χ3v) is 5.94. The summed E-state index contributed by atoms with van der Waals surface area (Å²) in [6.07, 6.45) is -2.71. The maximum absolute atomic E-state index is 13.4. The lowest BCUT2D eigenvalue weighted by atomic mass is 10.0. The van der Waals surface area contributed by atoms with Crippen molar-refractivity contribution in [2.75, 3.05) is 13.6 Å². The number of rotatable bonds is 7. The van der Waals surface area contributed by atoms with Crippen LogP contribution in [0.25, 0.3) is 11.1 Å². The minimum absolute atomic E-state index is 0.0408. The number of carbonyl (C=O) groups is 1. The van der Waals surface area contributed by atoms with Crippen LogP contribution in [0.4, 0.5) is 13.2 Å². The van der Waals surface area contributed by atoms with Gasteiger partial charge in [0.15, 0.2) is 0 Å². The summed E-state index contributed by atoms with van der Waals surface area (Å²) in [5.41, 5.74) is -1.61. The van der Waals surface area contributed by atoms with E-state index < -0.39 is 39.2 Å². The van der Waals surface area contributed by atoms with Crippen LogP contribution in [0.3, 0.4) is 0 Å². The van der Waals surface area contributed by atoms with Crippen molar-refractivity contribution >= 4 is 16.0 Å². The van der Waals surface area contributed by atoms with Crippen LogP contribution < -0.4 is 0 Å². The third kappa shape index (κ3) is 4.97. The molecule has 1 heterocycles. The first-order chi connectivity index (χ1) is 13.9. The zero-order valence-corrected chi connectivity index (χ0v) is 16.3. The van der Waals surface area contributed by atoms with Gasteiger partial charge < -0.3 is 9.67 Å². The number of alkyl halides is 3. The van der Waals surface area contributed by atoms with Crippen molar-refractivity contribution in [2.45, 2.75) is 24.0 Å². The van der Waals surface area contributed by atoms with E-state index in [2.05, 4.69) is 0 Å². The van der Waals surface area contributed by atoms with E-state index in [-0.39, 0.29) is 29.7 Å². The lowest BCUT2D eigenvalue weighted by Crippen LogP contribution is -2.28. The predicted molar refractivity (Wildman–Crippen MR) is 97.3 cm³/mol. The summed E-state index contributed by atoms with van der Waals surface area (Å²) in [5.74, 6) is -1.23. The van der Waals surface area contributed by atoms with Gasteiger partial charge in [0, 0.05) is 38.0 Å². The van der Waals surface area contributed by atoms with Crippen molar-refractivity contribution in [1.82, 2.24) is 8.87 Å². The molecule has 30 heavy (non-hydrogen) atoms. The van der Waals surface area contributed by atoms with Crippen LogP contribution >= 0.6 is 0 Å². The third-order valence-electron chi connectivity index (χ3n) is 4.11. The van der Waals surface area contributed by atoms with Gasteiger partial charge in [0.25, 0.3) is 0 Å². The van der Waals surface area contributed by atoms with Crippen LogP contribution in [0.1, 0.15) is 17.5 Å². The molecular weight excluding hydrogens is 425 g/mol. The number of sulfonamides is 1. The molecule has 0 aliphatic carbocycles. The summed E-state index contributed by atoms with van der Waals surface area (Å²) in [6, 6.07) is 5.66. The van der Waals surface area contributed by atoms with E-state index in [1.807, 2.05) is 0 Å². The highest BCUT2D eigenvalue weighted by Crippen LogP contribution is 2.36. The minimum Gasteiger partial charge on any atom is -0.480 e. The number of hydrogen-bond acceptors (Lipinski definition) is 5. The highest BCUT2D eigenvalue weighted by Gasteiger charge is 2.34. The normalized spacial score (nSPS) is 11.8. The van der Waals surface area contributed by atoms with Crippen molar-refractivity contribution in [3.8, 4) is 23.3 Å². The number of aromatic nitrogens is 1. The Morgan fingerprint density at radius 1 is 1.23 bits per heavy atom. The van der Waals surface area contributed by atoms with E-state index in [1.165, 1.54) is 0 Å². The Bertz CT molecular complexity index is 1160. The van der Waals surface area contributed by atoms with Gasteiger partial charge >= 0.3 is 12.1 Å². The molecule has 0 fully saturated rings. The van der Waals surface area contributed by atoms with E-state index >= 15 is 0 Å². The van der Waals surface area contributed by atoms with E-state index in [9.17, 15) is 31.6 Å². The fourth-order valence-corrected chi connectivity index (χ4v) is 3.89. The largest absolute Gasteiger partial charge is 0.480 e. The lowest BCUT2D eigenvalue weighted by Gasteiger charge is -2.18. The average molecular weight is 440 g/mol. The SMILES string of the molecule is CN(CCC#N)S(=O)(=O)c1cc(-c2cn(CC(=O)O)cc2C#N)cc(C(F)(F)F)c1. The van der Waals surface area contributed by atoms with Crippen LogP contribution in [0, 0.1) is 22.7 Å². The molecule has 2 rings (SSSR count). The number of aliphatic carboxylic acids is 1. The summed E-state index contributed by atoms with van der Waals surface area (Å²) in [4.78, 5) is 10.2. The van der Waals surface area contributed by atoms with Gasteiger partial charge in [0.2, 0.25) is 10.0 Å². The van der Waals surface area contributed by atoms with Gasteiger partial charge in [-0.05, 0) is 23.8 Å². The zero-order chi connectivity index (χ0) is 22.7. The quantitative estimate of drug-likeness (QED) is 0.705.